The Morgan fingerprint density at radius 1 is 0.283 bits per heavy atom. The second-order valence-corrected chi connectivity index (χ2v) is 17.2. The molecular weight excluding hydrogens is 637 g/mol. The molecule has 0 nitrogen and oxygen atoms in total. The Balaban J connectivity index is 1.27. The Hall–Kier alpha value is -5.72. The molecule has 0 amide bonds. The Labute approximate surface area is 312 Å². The largest absolute Gasteiger partial charge is 0.0619 e. The summed E-state index contributed by atoms with van der Waals surface area (Å²) >= 11 is 0. The van der Waals surface area contributed by atoms with E-state index in [2.05, 4.69) is 187 Å². The minimum Gasteiger partial charge on any atom is -0.0619 e. The van der Waals surface area contributed by atoms with Crippen molar-refractivity contribution in [2.45, 2.75) is 57.8 Å². The third-order valence-electron chi connectivity index (χ3n) is 13.4. The molecule has 0 aliphatic heterocycles. The van der Waals surface area contributed by atoms with Gasteiger partial charge in [-0.1, -0.05) is 175 Å². The van der Waals surface area contributed by atoms with E-state index in [0.29, 0.717) is 0 Å². The number of rotatable bonds is 2. The molecule has 254 valence electrons. The van der Waals surface area contributed by atoms with Gasteiger partial charge in [0.1, 0.15) is 0 Å². The van der Waals surface area contributed by atoms with Gasteiger partial charge in [0.2, 0.25) is 0 Å². The van der Waals surface area contributed by atoms with Gasteiger partial charge in [0.25, 0.3) is 0 Å². The molecule has 0 atom stereocenters. The SMILES string of the molecule is CC1(C)c2ccccc2-c2cc(-c3c4ccccc4c(-c4cc5c(c6c4C(C)(C)c4ccccc4-6)C(C)(C)c4ccccc4-5)c4ccccc34)ccc21. The average Bonchev–Trinajstić information content (AvgIpc) is 3.66. The highest BCUT2D eigenvalue weighted by Gasteiger charge is 2.46. The van der Waals surface area contributed by atoms with Crippen LogP contribution in [0.4, 0.5) is 0 Å². The Bertz CT molecular complexity index is 2850. The Morgan fingerprint density at radius 3 is 1.28 bits per heavy atom. The molecule has 3 aliphatic rings. The topological polar surface area (TPSA) is 0 Å². The summed E-state index contributed by atoms with van der Waals surface area (Å²) in [7, 11) is 0. The van der Waals surface area contributed by atoms with Crippen molar-refractivity contribution in [2.24, 2.45) is 0 Å². The van der Waals surface area contributed by atoms with Crippen LogP contribution in [0, 0.1) is 0 Å². The smallest absolute Gasteiger partial charge is 0.0165 e. The van der Waals surface area contributed by atoms with Gasteiger partial charge in [0.15, 0.2) is 0 Å². The van der Waals surface area contributed by atoms with Crippen molar-refractivity contribution in [3.05, 3.63) is 179 Å². The first kappa shape index (κ1) is 30.9. The molecule has 3 aliphatic carbocycles. The molecule has 0 saturated carbocycles. The lowest BCUT2D eigenvalue weighted by Crippen LogP contribution is -2.19. The fraction of sp³-hybridized carbons (Fsp3) is 0.170. The number of benzene rings is 8. The molecule has 0 saturated heterocycles. The van der Waals surface area contributed by atoms with Crippen LogP contribution in [0.1, 0.15) is 74.9 Å². The molecule has 0 fully saturated rings. The zero-order valence-electron chi connectivity index (χ0n) is 31.4. The molecule has 0 radical (unpaired) electrons. The molecule has 0 aromatic heterocycles. The van der Waals surface area contributed by atoms with Gasteiger partial charge in [-0.15, -0.1) is 0 Å². The summed E-state index contributed by atoms with van der Waals surface area (Å²) in [5.41, 5.74) is 21.9. The highest BCUT2D eigenvalue weighted by atomic mass is 14.5. The molecule has 0 bridgehead atoms. The molecule has 53 heavy (non-hydrogen) atoms. The monoisotopic (exact) mass is 678 g/mol. The zero-order valence-corrected chi connectivity index (χ0v) is 31.4. The first-order chi connectivity index (χ1) is 25.6. The van der Waals surface area contributed by atoms with Gasteiger partial charge in [-0.3, -0.25) is 0 Å². The molecule has 0 N–H and O–H groups in total. The maximum absolute atomic E-state index is 2.58. The lowest BCUT2D eigenvalue weighted by atomic mass is 9.73. The molecule has 0 spiro atoms. The first-order valence-corrected chi connectivity index (χ1v) is 19.2. The summed E-state index contributed by atoms with van der Waals surface area (Å²) in [6, 6.07) is 55.5. The van der Waals surface area contributed by atoms with Crippen molar-refractivity contribution in [3.63, 3.8) is 0 Å². The van der Waals surface area contributed by atoms with Crippen molar-refractivity contribution in [1.29, 1.82) is 0 Å². The van der Waals surface area contributed by atoms with Crippen LogP contribution in [0.15, 0.2) is 146 Å². The minimum absolute atomic E-state index is 0.0238. The van der Waals surface area contributed by atoms with Crippen LogP contribution < -0.4 is 0 Å². The third kappa shape index (κ3) is 3.81. The van der Waals surface area contributed by atoms with E-state index in [1.807, 2.05) is 0 Å². The fourth-order valence-electron chi connectivity index (χ4n) is 11.0. The van der Waals surface area contributed by atoms with Crippen LogP contribution >= 0.6 is 0 Å². The number of hydrogen-bond acceptors (Lipinski definition) is 0. The predicted octanol–water partition coefficient (Wildman–Crippen LogP) is 14.2. The summed E-state index contributed by atoms with van der Waals surface area (Å²) in [6.45, 7) is 14.5. The highest BCUT2D eigenvalue weighted by molar-refractivity contribution is 6.22. The Morgan fingerprint density at radius 2 is 0.698 bits per heavy atom. The Kier molecular flexibility index (Phi) is 5.96. The van der Waals surface area contributed by atoms with Crippen LogP contribution in [-0.4, -0.2) is 0 Å². The van der Waals surface area contributed by atoms with E-state index in [1.54, 1.807) is 0 Å². The van der Waals surface area contributed by atoms with Crippen molar-refractivity contribution in [1.82, 2.24) is 0 Å². The standard InChI is InChI=1S/C53H42/c1-51(2)42-24-14-11-17-32(42)39-29-31(27-28-45(39)51)46-34-19-7-9-21-36(34)47(37-22-10-8-20-35(37)46)41-30-40-33-18-12-15-25-43(33)52(3,4)49(40)48-38-23-13-16-26-44(38)53(5,6)50(41)48/h7-30H,1-6H3. The maximum Gasteiger partial charge on any atom is 0.0165 e. The second kappa shape index (κ2) is 10.2. The van der Waals surface area contributed by atoms with E-state index in [0.717, 1.165) is 0 Å². The van der Waals surface area contributed by atoms with Crippen LogP contribution in [0.3, 0.4) is 0 Å². The molecule has 8 aromatic carbocycles. The molecule has 11 rings (SSSR count). The van der Waals surface area contributed by atoms with Crippen LogP contribution in [-0.2, 0) is 16.2 Å². The van der Waals surface area contributed by atoms with Crippen LogP contribution in [0.2, 0.25) is 0 Å². The van der Waals surface area contributed by atoms with Gasteiger partial charge >= 0.3 is 0 Å². The second-order valence-electron chi connectivity index (χ2n) is 17.2. The van der Waals surface area contributed by atoms with Crippen molar-refractivity contribution in [3.8, 4) is 55.6 Å². The zero-order chi connectivity index (χ0) is 36.0. The molecule has 0 heterocycles. The van der Waals surface area contributed by atoms with E-state index >= 15 is 0 Å². The summed E-state index contributed by atoms with van der Waals surface area (Å²) in [4.78, 5) is 0. The summed E-state index contributed by atoms with van der Waals surface area (Å²) in [5, 5.41) is 5.22. The summed E-state index contributed by atoms with van der Waals surface area (Å²) < 4.78 is 0. The van der Waals surface area contributed by atoms with E-state index in [1.165, 1.54) is 111 Å². The normalized spacial score (nSPS) is 16.2. The van der Waals surface area contributed by atoms with E-state index < -0.39 is 0 Å². The van der Waals surface area contributed by atoms with Gasteiger partial charge in [0, 0.05) is 16.2 Å². The van der Waals surface area contributed by atoms with Gasteiger partial charge < -0.3 is 0 Å². The maximum atomic E-state index is 2.58. The molecule has 8 aromatic rings. The number of hydrogen-bond donors (Lipinski definition) is 0. The van der Waals surface area contributed by atoms with Gasteiger partial charge in [-0.2, -0.15) is 0 Å². The van der Waals surface area contributed by atoms with Crippen molar-refractivity contribution < 1.29 is 0 Å². The lowest BCUT2D eigenvalue weighted by molar-refractivity contribution is 0.649. The molecule has 0 heteroatoms. The van der Waals surface area contributed by atoms with Crippen LogP contribution in [0.5, 0.6) is 0 Å². The fourth-order valence-corrected chi connectivity index (χ4v) is 11.0. The molecular formula is C53H42. The van der Waals surface area contributed by atoms with Crippen molar-refractivity contribution >= 4 is 21.5 Å². The third-order valence-corrected chi connectivity index (χ3v) is 13.4. The van der Waals surface area contributed by atoms with E-state index in [4.69, 9.17) is 0 Å². The van der Waals surface area contributed by atoms with Gasteiger partial charge in [0.05, 0.1) is 0 Å². The van der Waals surface area contributed by atoms with Crippen molar-refractivity contribution in [2.75, 3.05) is 0 Å². The quantitative estimate of drug-likeness (QED) is 0.160. The first-order valence-electron chi connectivity index (χ1n) is 19.2. The predicted molar refractivity (Wildman–Crippen MR) is 225 cm³/mol. The lowest BCUT2D eigenvalue weighted by Gasteiger charge is -2.30. The van der Waals surface area contributed by atoms with Crippen LogP contribution in [0.25, 0.3) is 77.2 Å². The average molecular weight is 679 g/mol. The molecule has 0 unspecified atom stereocenters. The number of fused-ring (bicyclic) bond motifs is 12. The summed E-state index contributed by atoms with van der Waals surface area (Å²) in [5.74, 6) is 0. The highest BCUT2D eigenvalue weighted by Crippen LogP contribution is 2.62. The van der Waals surface area contributed by atoms with Gasteiger partial charge in [-0.25, -0.2) is 0 Å². The minimum atomic E-state index is -0.178. The van der Waals surface area contributed by atoms with E-state index in [9.17, 15) is 0 Å². The van der Waals surface area contributed by atoms with E-state index in [-0.39, 0.29) is 16.2 Å². The van der Waals surface area contributed by atoms with Gasteiger partial charge in [-0.05, 0) is 123 Å². The summed E-state index contributed by atoms with van der Waals surface area (Å²) in [6.07, 6.45) is 0.